The molecule has 4 nitrogen and oxygen atoms in total. The van der Waals surface area contributed by atoms with Crippen molar-refractivity contribution in [2.24, 2.45) is 5.92 Å². The largest absolute Gasteiger partial charge is 0.493 e. The van der Waals surface area contributed by atoms with Crippen molar-refractivity contribution in [3.05, 3.63) is 44.9 Å². The summed E-state index contributed by atoms with van der Waals surface area (Å²) in [4.78, 5) is 19.5. The van der Waals surface area contributed by atoms with Crippen molar-refractivity contribution < 1.29 is 5.11 Å². The Labute approximate surface area is 131 Å². The monoisotopic (exact) mass is 348 g/mol. The van der Waals surface area contributed by atoms with Crippen LogP contribution in [-0.2, 0) is 0 Å². The highest BCUT2D eigenvalue weighted by Crippen LogP contribution is 2.38. The smallest absolute Gasteiger partial charge is 0.262 e. The van der Waals surface area contributed by atoms with E-state index in [1.165, 1.54) is 0 Å². The minimum Gasteiger partial charge on any atom is -0.493 e. The highest BCUT2D eigenvalue weighted by molar-refractivity contribution is 9.10. The van der Waals surface area contributed by atoms with Crippen LogP contribution in [0.3, 0.4) is 0 Å². The van der Waals surface area contributed by atoms with Crippen LogP contribution in [0.25, 0.3) is 11.1 Å². The lowest BCUT2D eigenvalue weighted by atomic mass is 9.97. The van der Waals surface area contributed by atoms with Crippen LogP contribution < -0.4 is 5.56 Å². The molecule has 2 N–H and O–H groups in total. The molecule has 3 rings (SSSR count). The average Bonchev–Trinajstić information content (AvgIpc) is 2.86. The number of hydrogen-bond donors (Lipinski definition) is 2. The maximum absolute atomic E-state index is 12.3. The van der Waals surface area contributed by atoms with Gasteiger partial charge in [-0.25, -0.2) is 0 Å². The second kappa shape index (κ2) is 5.64. The van der Waals surface area contributed by atoms with Crippen LogP contribution in [0.1, 0.15) is 37.9 Å². The summed E-state index contributed by atoms with van der Waals surface area (Å²) in [6.07, 6.45) is 3.30. The van der Waals surface area contributed by atoms with Gasteiger partial charge in [0.15, 0.2) is 0 Å². The first-order valence-corrected chi connectivity index (χ1v) is 7.94. The van der Waals surface area contributed by atoms with Crippen LogP contribution in [0.15, 0.2) is 33.5 Å². The molecule has 0 radical (unpaired) electrons. The Morgan fingerprint density at radius 2 is 2.00 bits per heavy atom. The zero-order valence-corrected chi connectivity index (χ0v) is 13.4. The van der Waals surface area contributed by atoms with Crippen molar-refractivity contribution in [1.82, 2.24) is 9.97 Å². The fraction of sp³-hybridized carbons (Fsp3) is 0.375. The summed E-state index contributed by atoms with van der Waals surface area (Å²) in [5.41, 5.74) is 0.617. The molecular weight excluding hydrogens is 332 g/mol. The summed E-state index contributed by atoms with van der Waals surface area (Å²) >= 11 is 3.35. The van der Waals surface area contributed by atoms with Gasteiger partial charge in [0.2, 0.25) is 5.88 Å². The molecule has 1 aromatic heterocycles. The lowest BCUT2D eigenvalue weighted by molar-refractivity contribution is 0.437. The molecule has 0 saturated heterocycles. The molecule has 1 fully saturated rings. The molecule has 1 aromatic carbocycles. The average molecular weight is 349 g/mol. The van der Waals surface area contributed by atoms with Crippen LogP contribution in [-0.4, -0.2) is 15.1 Å². The molecule has 110 valence electrons. The third kappa shape index (κ3) is 2.75. The highest BCUT2D eigenvalue weighted by atomic mass is 79.9. The molecule has 2 unspecified atom stereocenters. The summed E-state index contributed by atoms with van der Waals surface area (Å²) in [5, 5.41) is 10.2. The molecular formula is C16H17BrN2O2. The van der Waals surface area contributed by atoms with Crippen LogP contribution in [0, 0.1) is 5.92 Å². The first-order chi connectivity index (χ1) is 10.1. The van der Waals surface area contributed by atoms with Gasteiger partial charge in [0.25, 0.3) is 5.56 Å². The molecule has 2 atom stereocenters. The zero-order chi connectivity index (χ0) is 15.0. The van der Waals surface area contributed by atoms with E-state index in [2.05, 4.69) is 32.8 Å². The van der Waals surface area contributed by atoms with Gasteiger partial charge in [-0.3, -0.25) is 4.79 Å². The normalized spacial score (nSPS) is 21.6. The van der Waals surface area contributed by atoms with Crippen molar-refractivity contribution in [1.29, 1.82) is 0 Å². The number of aromatic nitrogens is 2. The molecule has 0 spiro atoms. The fourth-order valence-corrected chi connectivity index (χ4v) is 3.35. The van der Waals surface area contributed by atoms with Gasteiger partial charge in [-0.15, -0.1) is 0 Å². The molecule has 1 aliphatic carbocycles. The number of nitrogens with zero attached hydrogens (tertiary/aromatic N) is 1. The van der Waals surface area contributed by atoms with E-state index in [-0.39, 0.29) is 22.9 Å². The number of halogens is 1. The van der Waals surface area contributed by atoms with Crippen molar-refractivity contribution in [2.75, 3.05) is 0 Å². The van der Waals surface area contributed by atoms with E-state index >= 15 is 0 Å². The third-order valence-corrected chi connectivity index (χ3v) is 4.79. The van der Waals surface area contributed by atoms with Gasteiger partial charge < -0.3 is 10.1 Å². The molecule has 0 aliphatic heterocycles. The molecule has 2 aromatic rings. The van der Waals surface area contributed by atoms with Crippen molar-refractivity contribution in [3.63, 3.8) is 0 Å². The topological polar surface area (TPSA) is 66.0 Å². The summed E-state index contributed by atoms with van der Waals surface area (Å²) in [5.74, 6) is 1.16. The van der Waals surface area contributed by atoms with Crippen molar-refractivity contribution >= 4 is 15.9 Å². The Hall–Kier alpha value is -1.62. The number of aromatic amines is 1. The number of aromatic hydroxyl groups is 1. The quantitative estimate of drug-likeness (QED) is 0.867. The SMILES string of the molecule is CC1CCCC1c1nc(O)c(-c2ccc(Br)cc2)c(=O)[nH]1. The minimum absolute atomic E-state index is 0.185. The maximum atomic E-state index is 12.3. The van der Waals surface area contributed by atoms with Crippen LogP contribution >= 0.6 is 15.9 Å². The van der Waals surface area contributed by atoms with Crippen LogP contribution in [0.2, 0.25) is 0 Å². The van der Waals surface area contributed by atoms with Gasteiger partial charge in [0, 0.05) is 10.4 Å². The van der Waals surface area contributed by atoms with E-state index < -0.39 is 0 Å². The summed E-state index contributed by atoms with van der Waals surface area (Å²) in [7, 11) is 0. The van der Waals surface area contributed by atoms with Gasteiger partial charge in [-0.2, -0.15) is 4.98 Å². The van der Waals surface area contributed by atoms with E-state index in [4.69, 9.17) is 0 Å². The minimum atomic E-state index is -0.279. The lowest BCUT2D eigenvalue weighted by Crippen LogP contribution is -2.17. The molecule has 1 aliphatic rings. The predicted octanol–water partition coefficient (Wildman–Crippen LogP) is 3.81. The van der Waals surface area contributed by atoms with E-state index in [1.807, 2.05) is 12.1 Å². The van der Waals surface area contributed by atoms with E-state index in [9.17, 15) is 9.90 Å². The van der Waals surface area contributed by atoms with Gasteiger partial charge in [-0.05, 0) is 36.5 Å². The number of hydrogen-bond acceptors (Lipinski definition) is 3. The third-order valence-electron chi connectivity index (χ3n) is 4.26. The van der Waals surface area contributed by atoms with Gasteiger partial charge >= 0.3 is 0 Å². The second-order valence-electron chi connectivity index (χ2n) is 5.67. The Morgan fingerprint density at radius 3 is 2.57 bits per heavy atom. The number of H-pyrrole nitrogens is 1. The number of nitrogens with one attached hydrogen (secondary N) is 1. The van der Waals surface area contributed by atoms with Crippen LogP contribution in [0.4, 0.5) is 0 Å². The summed E-state index contributed by atoms with van der Waals surface area (Å²) < 4.78 is 0.923. The zero-order valence-electron chi connectivity index (χ0n) is 11.8. The molecule has 5 heteroatoms. The van der Waals surface area contributed by atoms with Crippen molar-refractivity contribution in [2.45, 2.75) is 32.1 Å². The Kier molecular flexibility index (Phi) is 3.85. The number of rotatable bonds is 2. The van der Waals surface area contributed by atoms with Crippen LogP contribution in [0.5, 0.6) is 5.88 Å². The maximum Gasteiger partial charge on any atom is 0.262 e. The lowest BCUT2D eigenvalue weighted by Gasteiger charge is -2.15. The van der Waals surface area contributed by atoms with Gasteiger partial charge in [0.05, 0.1) is 0 Å². The highest BCUT2D eigenvalue weighted by Gasteiger charge is 2.28. The van der Waals surface area contributed by atoms with E-state index in [1.54, 1.807) is 12.1 Å². The van der Waals surface area contributed by atoms with E-state index in [0.717, 1.165) is 23.7 Å². The Morgan fingerprint density at radius 1 is 1.29 bits per heavy atom. The summed E-state index contributed by atoms with van der Waals surface area (Å²) in [6.45, 7) is 2.16. The fourth-order valence-electron chi connectivity index (χ4n) is 3.08. The first-order valence-electron chi connectivity index (χ1n) is 7.15. The molecule has 0 bridgehead atoms. The van der Waals surface area contributed by atoms with Crippen molar-refractivity contribution in [3.8, 4) is 17.0 Å². The summed E-state index contributed by atoms with van der Waals surface area (Å²) in [6, 6.07) is 7.24. The Balaban J connectivity index is 2.04. The number of benzene rings is 1. The standard InChI is InChI=1S/C16H17BrN2O2/c1-9-3-2-4-12(9)14-18-15(20)13(16(21)19-14)10-5-7-11(17)8-6-10/h5-9,12H,2-4H2,1H3,(H2,18,19,20,21). The Bertz CT molecular complexity index is 709. The molecule has 0 amide bonds. The molecule has 1 saturated carbocycles. The molecule has 1 heterocycles. The molecule has 21 heavy (non-hydrogen) atoms. The van der Waals surface area contributed by atoms with Gasteiger partial charge in [0.1, 0.15) is 11.4 Å². The predicted molar refractivity (Wildman–Crippen MR) is 85.4 cm³/mol. The van der Waals surface area contributed by atoms with E-state index in [0.29, 0.717) is 17.3 Å². The van der Waals surface area contributed by atoms with Gasteiger partial charge in [-0.1, -0.05) is 41.4 Å². The second-order valence-corrected chi connectivity index (χ2v) is 6.59. The first kappa shape index (κ1) is 14.3.